The molecule has 0 unspecified atom stereocenters. The highest BCUT2D eigenvalue weighted by Gasteiger charge is 2.09. The van der Waals surface area contributed by atoms with Gasteiger partial charge >= 0.3 is 0 Å². The maximum absolute atomic E-state index is 6.19. The number of para-hydroxylation sites is 1. The Morgan fingerprint density at radius 3 is 2.39 bits per heavy atom. The van der Waals surface area contributed by atoms with E-state index in [-0.39, 0.29) is 0 Å². The zero-order chi connectivity index (χ0) is 13.1. The third kappa shape index (κ3) is 2.77. The predicted molar refractivity (Wildman–Crippen MR) is 79.2 cm³/mol. The average Bonchev–Trinajstić information content (AvgIpc) is 2.32. The number of hydrogen-bond donors (Lipinski definition) is 1. The van der Waals surface area contributed by atoms with Crippen molar-refractivity contribution in [3.8, 4) is 0 Å². The smallest absolute Gasteiger partial charge is 0.0789 e. The van der Waals surface area contributed by atoms with Crippen molar-refractivity contribution >= 4 is 23.0 Å². The van der Waals surface area contributed by atoms with Crippen LogP contribution >= 0.6 is 11.6 Å². The van der Waals surface area contributed by atoms with Crippen LogP contribution in [0.25, 0.3) is 0 Å². The molecule has 2 N–H and O–H groups in total. The quantitative estimate of drug-likeness (QED) is 0.849. The van der Waals surface area contributed by atoms with Crippen LogP contribution in [-0.2, 0) is 6.54 Å². The summed E-state index contributed by atoms with van der Waals surface area (Å²) in [4.78, 5) is 2.07. The Bertz CT molecular complexity index is 514. The summed E-state index contributed by atoms with van der Waals surface area (Å²) in [6.45, 7) is 2.87. The van der Waals surface area contributed by atoms with Crippen molar-refractivity contribution in [3.63, 3.8) is 0 Å². The van der Waals surface area contributed by atoms with Crippen LogP contribution in [0.2, 0.25) is 5.02 Å². The predicted octanol–water partition coefficient (Wildman–Crippen LogP) is 3.87. The fraction of sp³-hybridized carbons (Fsp3) is 0.200. The molecule has 0 saturated heterocycles. The SMILES string of the molecule is Cc1ccc(CN(C)c2c(N)cccc2Cl)cc1. The molecule has 2 aromatic rings. The lowest BCUT2D eigenvalue weighted by molar-refractivity contribution is 0.924. The lowest BCUT2D eigenvalue weighted by atomic mass is 10.1. The van der Waals surface area contributed by atoms with Crippen molar-refractivity contribution in [1.29, 1.82) is 0 Å². The summed E-state index contributed by atoms with van der Waals surface area (Å²) in [6, 6.07) is 14.1. The maximum atomic E-state index is 6.19. The molecule has 0 atom stereocenters. The van der Waals surface area contributed by atoms with Crippen LogP contribution < -0.4 is 10.6 Å². The van der Waals surface area contributed by atoms with Crippen LogP contribution in [0.3, 0.4) is 0 Å². The van der Waals surface area contributed by atoms with E-state index >= 15 is 0 Å². The Balaban J connectivity index is 2.22. The molecule has 0 amide bonds. The Labute approximate surface area is 113 Å². The van der Waals surface area contributed by atoms with Gasteiger partial charge in [0.05, 0.1) is 16.4 Å². The lowest BCUT2D eigenvalue weighted by Gasteiger charge is -2.22. The van der Waals surface area contributed by atoms with Crippen molar-refractivity contribution in [1.82, 2.24) is 0 Å². The largest absolute Gasteiger partial charge is 0.397 e. The molecule has 0 radical (unpaired) electrons. The molecule has 2 aromatic carbocycles. The summed E-state index contributed by atoms with van der Waals surface area (Å²) in [6.07, 6.45) is 0. The van der Waals surface area contributed by atoms with Gasteiger partial charge in [0.2, 0.25) is 0 Å². The Kier molecular flexibility index (Phi) is 3.78. The number of hydrogen-bond acceptors (Lipinski definition) is 2. The van der Waals surface area contributed by atoms with E-state index in [2.05, 4.69) is 36.1 Å². The summed E-state index contributed by atoms with van der Waals surface area (Å²) in [5, 5.41) is 0.685. The van der Waals surface area contributed by atoms with E-state index in [9.17, 15) is 0 Å². The molecule has 0 spiro atoms. The van der Waals surface area contributed by atoms with Gasteiger partial charge in [0.25, 0.3) is 0 Å². The van der Waals surface area contributed by atoms with Crippen LogP contribution in [-0.4, -0.2) is 7.05 Å². The number of anilines is 2. The molecule has 0 aliphatic heterocycles. The van der Waals surface area contributed by atoms with Crippen LogP contribution in [0, 0.1) is 6.92 Å². The summed E-state index contributed by atoms with van der Waals surface area (Å²) >= 11 is 6.19. The zero-order valence-electron chi connectivity index (χ0n) is 10.7. The molecule has 18 heavy (non-hydrogen) atoms. The minimum Gasteiger partial charge on any atom is -0.397 e. The Morgan fingerprint density at radius 1 is 1.11 bits per heavy atom. The number of rotatable bonds is 3. The van der Waals surface area contributed by atoms with Gasteiger partial charge in [0.15, 0.2) is 0 Å². The molecule has 0 bridgehead atoms. The van der Waals surface area contributed by atoms with Gasteiger partial charge in [-0.2, -0.15) is 0 Å². The van der Waals surface area contributed by atoms with Gasteiger partial charge in [-0.15, -0.1) is 0 Å². The molecule has 0 aromatic heterocycles. The molecular formula is C15H17ClN2. The van der Waals surface area contributed by atoms with Crippen molar-refractivity contribution < 1.29 is 0 Å². The summed E-state index contributed by atoms with van der Waals surface area (Å²) in [7, 11) is 2.00. The first-order valence-electron chi connectivity index (χ1n) is 5.88. The molecule has 94 valence electrons. The van der Waals surface area contributed by atoms with Crippen LogP contribution in [0.5, 0.6) is 0 Å². The van der Waals surface area contributed by atoms with Crippen LogP contribution in [0.15, 0.2) is 42.5 Å². The normalized spacial score (nSPS) is 10.4. The van der Waals surface area contributed by atoms with Gasteiger partial charge < -0.3 is 10.6 Å². The highest BCUT2D eigenvalue weighted by molar-refractivity contribution is 6.33. The lowest BCUT2D eigenvalue weighted by Crippen LogP contribution is -2.18. The average molecular weight is 261 g/mol. The number of nitrogen functional groups attached to an aromatic ring is 1. The third-order valence-corrected chi connectivity index (χ3v) is 3.25. The van der Waals surface area contributed by atoms with E-state index < -0.39 is 0 Å². The summed E-state index contributed by atoms with van der Waals surface area (Å²) in [5.74, 6) is 0. The standard InChI is InChI=1S/C15H17ClN2/c1-11-6-8-12(9-7-11)10-18(2)15-13(16)4-3-5-14(15)17/h3-9H,10,17H2,1-2H3. The second-order valence-electron chi connectivity index (χ2n) is 4.52. The first-order valence-corrected chi connectivity index (χ1v) is 6.26. The van der Waals surface area contributed by atoms with Gasteiger partial charge in [-0.05, 0) is 24.6 Å². The molecule has 2 nitrogen and oxygen atoms in total. The zero-order valence-corrected chi connectivity index (χ0v) is 11.4. The fourth-order valence-corrected chi connectivity index (χ4v) is 2.31. The number of nitrogens with zero attached hydrogens (tertiary/aromatic N) is 1. The fourth-order valence-electron chi connectivity index (χ4n) is 1.98. The van der Waals surface area contributed by atoms with Crippen molar-refractivity contribution in [2.75, 3.05) is 17.7 Å². The summed E-state index contributed by atoms with van der Waals surface area (Å²) in [5.41, 5.74) is 10.1. The van der Waals surface area contributed by atoms with E-state index in [1.807, 2.05) is 25.2 Å². The van der Waals surface area contributed by atoms with E-state index in [0.29, 0.717) is 10.7 Å². The highest BCUT2D eigenvalue weighted by atomic mass is 35.5. The molecule has 0 saturated carbocycles. The van der Waals surface area contributed by atoms with Crippen molar-refractivity contribution in [2.24, 2.45) is 0 Å². The minimum atomic E-state index is 0.685. The second kappa shape index (κ2) is 5.32. The number of nitrogens with two attached hydrogens (primary N) is 1. The van der Waals surface area contributed by atoms with Gasteiger partial charge in [0, 0.05) is 13.6 Å². The van der Waals surface area contributed by atoms with Gasteiger partial charge in [-0.1, -0.05) is 47.5 Å². The Hall–Kier alpha value is -1.67. The molecular weight excluding hydrogens is 244 g/mol. The maximum Gasteiger partial charge on any atom is 0.0789 e. The third-order valence-electron chi connectivity index (χ3n) is 2.94. The van der Waals surface area contributed by atoms with Crippen molar-refractivity contribution in [3.05, 3.63) is 58.6 Å². The van der Waals surface area contributed by atoms with E-state index in [4.69, 9.17) is 17.3 Å². The monoisotopic (exact) mass is 260 g/mol. The van der Waals surface area contributed by atoms with Gasteiger partial charge in [-0.3, -0.25) is 0 Å². The van der Waals surface area contributed by atoms with Crippen LogP contribution in [0.1, 0.15) is 11.1 Å². The molecule has 0 heterocycles. The highest BCUT2D eigenvalue weighted by Crippen LogP contribution is 2.31. The molecule has 0 aliphatic carbocycles. The molecule has 3 heteroatoms. The number of halogens is 1. The van der Waals surface area contributed by atoms with E-state index in [1.54, 1.807) is 0 Å². The van der Waals surface area contributed by atoms with Gasteiger partial charge in [-0.25, -0.2) is 0 Å². The van der Waals surface area contributed by atoms with E-state index in [1.165, 1.54) is 11.1 Å². The van der Waals surface area contributed by atoms with Crippen LogP contribution in [0.4, 0.5) is 11.4 Å². The minimum absolute atomic E-state index is 0.685. The summed E-state index contributed by atoms with van der Waals surface area (Å²) < 4.78 is 0. The molecule has 0 fully saturated rings. The van der Waals surface area contributed by atoms with Crippen molar-refractivity contribution in [2.45, 2.75) is 13.5 Å². The Morgan fingerprint density at radius 2 is 1.78 bits per heavy atom. The molecule has 2 rings (SSSR count). The first-order chi connectivity index (χ1) is 8.58. The number of benzene rings is 2. The van der Waals surface area contributed by atoms with Gasteiger partial charge in [0.1, 0.15) is 0 Å². The van der Waals surface area contributed by atoms with E-state index in [0.717, 1.165) is 12.2 Å². The topological polar surface area (TPSA) is 29.3 Å². The molecule has 0 aliphatic rings. The second-order valence-corrected chi connectivity index (χ2v) is 4.93. The number of aryl methyl sites for hydroxylation is 1. The first kappa shape index (κ1) is 12.8.